The summed E-state index contributed by atoms with van der Waals surface area (Å²) in [6.45, 7) is 4.70. The molecule has 11 nitrogen and oxygen atoms in total. The van der Waals surface area contributed by atoms with Crippen LogP contribution in [0.2, 0.25) is 0 Å². The Kier molecular flexibility index (Phi) is 7.21. The number of ether oxygens (including phenoxy) is 2. The van der Waals surface area contributed by atoms with Gasteiger partial charge < -0.3 is 30.7 Å². The van der Waals surface area contributed by atoms with Crippen molar-refractivity contribution in [1.29, 1.82) is 0 Å². The van der Waals surface area contributed by atoms with E-state index in [0.29, 0.717) is 55.7 Å². The van der Waals surface area contributed by atoms with Gasteiger partial charge in [0.1, 0.15) is 11.6 Å². The van der Waals surface area contributed by atoms with E-state index in [-0.39, 0.29) is 24.0 Å². The summed E-state index contributed by atoms with van der Waals surface area (Å²) >= 11 is 0. The molecule has 0 spiro atoms. The molecule has 34 heavy (non-hydrogen) atoms. The fourth-order valence-corrected chi connectivity index (χ4v) is 3.82. The summed E-state index contributed by atoms with van der Waals surface area (Å²) in [5.74, 6) is -1.21. The molecule has 1 aromatic heterocycles. The highest BCUT2D eigenvalue weighted by molar-refractivity contribution is 6.05. The first kappa shape index (κ1) is 23.4. The Bertz CT molecular complexity index is 1070. The number of unbranched alkanes of at least 4 members (excludes halogenated alkanes) is 1. The minimum Gasteiger partial charge on any atom is -0.462 e. The minimum atomic E-state index is -0.846. The molecule has 4 rings (SSSR count). The highest BCUT2D eigenvalue weighted by Crippen LogP contribution is 2.36. The van der Waals surface area contributed by atoms with Crippen LogP contribution in [0.3, 0.4) is 0 Å². The van der Waals surface area contributed by atoms with Crippen molar-refractivity contribution < 1.29 is 23.9 Å². The summed E-state index contributed by atoms with van der Waals surface area (Å²) in [6.07, 6.45) is 1.66. The Morgan fingerprint density at radius 2 is 1.97 bits per heavy atom. The predicted molar refractivity (Wildman–Crippen MR) is 126 cm³/mol. The number of carbonyl (C=O) groups is 3. The number of hydrogen-bond donors (Lipinski definition) is 3. The topological polar surface area (TPSA) is 149 Å². The number of carbonyl (C=O) groups excluding carboxylic acids is 3. The van der Waals surface area contributed by atoms with E-state index in [1.807, 2.05) is 11.8 Å². The van der Waals surface area contributed by atoms with Gasteiger partial charge in [0.15, 0.2) is 0 Å². The second kappa shape index (κ2) is 10.5. The summed E-state index contributed by atoms with van der Waals surface area (Å²) < 4.78 is 10.5. The van der Waals surface area contributed by atoms with E-state index in [4.69, 9.17) is 15.2 Å². The van der Waals surface area contributed by atoms with Crippen molar-refractivity contribution in [3.05, 3.63) is 35.4 Å². The maximum Gasteiger partial charge on any atom is 0.338 e. The number of nitrogen functional groups attached to an aromatic ring is 1. The molecule has 1 saturated heterocycles. The van der Waals surface area contributed by atoms with Gasteiger partial charge in [-0.2, -0.15) is 9.97 Å². The lowest BCUT2D eigenvalue weighted by atomic mass is 9.92. The lowest BCUT2D eigenvalue weighted by molar-refractivity contribution is -0.123. The molecule has 1 aromatic carbocycles. The van der Waals surface area contributed by atoms with Crippen molar-refractivity contribution in [2.45, 2.75) is 32.1 Å². The molecule has 0 unspecified atom stereocenters. The zero-order valence-corrected chi connectivity index (χ0v) is 19.0. The van der Waals surface area contributed by atoms with Crippen LogP contribution in [0.5, 0.6) is 0 Å². The number of morpholine rings is 1. The van der Waals surface area contributed by atoms with E-state index in [1.165, 1.54) is 0 Å². The van der Waals surface area contributed by atoms with Crippen molar-refractivity contribution in [3.8, 4) is 0 Å². The fourth-order valence-electron chi connectivity index (χ4n) is 3.82. The molecule has 11 heteroatoms. The van der Waals surface area contributed by atoms with Gasteiger partial charge in [0, 0.05) is 25.2 Å². The summed E-state index contributed by atoms with van der Waals surface area (Å²) in [5, 5.41) is 5.50. The third kappa shape index (κ3) is 5.25. The Hall–Kier alpha value is -3.73. The van der Waals surface area contributed by atoms with Crippen LogP contribution in [0.25, 0.3) is 0 Å². The number of nitrogens with one attached hydrogen (secondary N) is 2. The van der Waals surface area contributed by atoms with Crippen LogP contribution < -0.4 is 21.3 Å². The number of benzene rings is 1. The van der Waals surface area contributed by atoms with Gasteiger partial charge in [-0.3, -0.25) is 9.59 Å². The summed E-state index contributed by atoms with van der Waals surface area (Å²) in [5.41, 5.74) is 7.49. The number of amides is 2. The number of esters is 1. The van der Waals surface area contributed by atoms with Gasteiger partial charge in [0.25, 0.3) is 0 Å². The van der Waals surface area contributed by atoms with Gasteiger partial charge in [-0.1, -0.05) is 13.3 Å². The van der Waals surface area contributed by atoms with E-state index in [2.05, 4.69) is 20.6 Å². The zero-order chi connectivity index (χ0) is 24.1. The van der Waals surface area contributed by atoms with E-state index in [1.54, 1.807) is 24.3 Å². The molecule has 0 aliphatic carbocycles. The van der Waals surface area contributed by atoms with Crippen molar-refractivity contribution in [2.24, 2.45) is 0 Å². The summed E-state index contributed by atoms with van der Waals surface area (Å²) in [4.78, 5) is 48.3. The van der Waals surface area contributed by atoms with Gasteiger partial charge in [0.05, 0.1) is 36.9 Å². The third-order valence-corrected chi connectivity index (χ3v) is 5.69. The lowest BCUT2D eigenvalue weighted by Gasteiger charge is -2.30. The van der Waals surface area contributed by atoms with Gasteiger partial charge >= 0.3 is 5.97 Å². The van der Waals surface area contributed by atoms with Gasteiger partial charge in [0.2, 0.25) is 17.8 Å². The average Bonchev–Trinajstić information content (AvgIpc) is 2.84. The largest absolute Gasteiger partial charge is 0.462 e. The first-order chi connectivity index (χ1) is 16.5. The molecular formula is C23H28N6O5. The quantitative estimate of drug-likeness (QED) is 0.409. The monoisotopic (exact) mass is 468 g/mol. The second-order valence-corrected chi connectivity index (χ2v) is 8.13. The third-order valence-electron chi connectivity index (χ3n) is 5.69. The number of fused-ring (bicyclic) bond motifs is 1. The molecule has 2 aliphatic heterocycles. The van der Waals surface area contributed by atoms with Crippen LogP contribution in [-0.2, 0) is 19.1 Å². The predicted octanol–water partition coefficient (Wildman–Crippen LogP) is 1.92. The van der Waals surface area contributed by atoms with Gasteiger partial charge in [-0.15, -0.1) is 0 Å². The smallest absolute Gasteiger partial charge is 0.338 e. The van der Waals surface area contributed by atoms with Crippen LogP contribution in [0.1, 0.15) is 48.0 Å². The molecule has 0 radical (unpaired) electrons. The molecule has 3 heterocycles. The fraction of sp³-hybridized carbons (Fsp3) is 0.435. The molecule has 4 N–H and O–H groups in total. The number of aromatic nitrogens is 2. The van der Waals surface area contributed by atoms with Crippen LogP contribution in [0.4, 0.5) is 23.3 Å². The number of nitrogens with two attached hydrogens (primary N) is 1. The number of anilines is 4. The van der Waals surface area contributed by atoms with Gasteiger partial charge in [-0.25, -0.2) is 4.79 Å². The highest BCUT2D eigenvalue weighted by atomic mass is 16.5. The van der Waals surface area contributed by atoms with E-state index < -0.39 is 17.8 Å². The minimum absolute atomic E-state index is 0.0782. The normalized spacial score (nSPS) is 17.5. The average molecular weight is 469 g/mol. The number of hydrogen-bond acceptors (Lipinski definition) is 9. The maximum atomic E-state index is 13.1. The molecule has 2 aromatic rings. The zero-order valence-electron chi connectivity index (χ0n) is 19.0. The Morgan fingerprint density at radius 1 is 1.24 bits per heavy atom. The van der Waals surface area contributed by atoms with Gasteiger partial charge in [-0.05, 0) is 30.7 Å². The molecule has 1 atom stereocenters. The number of nitrogens with zero attached hydrogens (tertiary/aromatic N) is 3. The SMILES string of the molecule is CCCCOC(=O)c1ccc(NC(=O)[C@H]2CC(=O)Nc3nc(N4CCOCC4)nc(N)c32)cc1. The molecule has 2 aliphatic rings. The summed E-state index contributed by atoms with van der Waals surface area (Å²) in [7, 11) is 0. The first-order valence-corrected chi connectivity index (χ1v) is 11.3. The Morgan fingerprint density at radius 3 is 2.68 bits per heavy atom. The lowest BCUT2D eigenvalue weighted by Crippen LogP contribution is -2.38. The van der Waals surface area contributed by atoms with E-state index >= 15 is 0 Å². The summed E-state index contributed by atoms with van der Waals surface area (Å²) in [6, 6.07) is 6.38. The van der Waals surface area contributed by atoms with Crippen LogP contribution in [0.15, 0.2) is 24.3 Å². The Labute approximate surface area is 197 Å². The standard InChI is InChI=1S/C23H28N6O5/c1-2-3-10-34-22(32)14-4-6-15(7-5-14)25-21(31)16-13-17(30)26-20-18(16)19(24)27-23(28-20)29-8-11-33-12-9-29/h4-7,16H,2-3,8-13H2,1H3,(H,25,31)(H3,24,26,27,28,30)/t16-/m0/s1. The van der Waals surface area contributed by atoms with Crippen molar-refractivity contribution >= 4 is 41.1 Å². The molecule has 1 fully saturated rings. The first-order valence-electron chi connectivity index (χ1n) is 11.3. The molecule has 2 amide bonds. The molecule has 0 bridgehead atoms. The number of rotatable bonds is 7. The van der Waals surface area contributed by atoms with Crippen LogP contribution >= 0.6 is 0 Å². The van der Waals surface area contributed by atoms with Crippen molar-refractivity contribution in [2.75, 3.05) is 54.2 Å². The van der Waals surface area contributed by atoms with Crippen molar-refractivity contribution in [1.82, 2.24) is 9.97 Å². The maximum absolute atomic E-state index is 13.1. The second-order valence-electron chi connectivity index (χ2n) is 8.13. The van der Waals surface area contributed by atoms with Crippen molar-refractivity contribution in [3.63, 3.8) is 0 Å². The van der Waals surface area contributed by atoms with E-state index in [9.17, 15) is 14.4 Å². The Balaban J connectivity index is 1.49. The molecular weight excluding hydrogens is 440 g/mol. The molecule has 180 valence electrons. The van der Waals surface area contributed by atoms with Crippen LogP contribution in [0, 0.1) is 0 Å². The highest BCUT2D eigenvalue weighted by Gasteiger charge is 2.35. The molecule has 0 saturated carbocycles. The van der Waals surface area contributed by atoms with Crippen LogP contribution in [-0.4, -0.2) is 60.7 Å². The van der Waals surface area contributed by atoms with E-state index in [0.717, 1.165) is 12.8 Å².